The quantitative estimate of drug-likeness (QED) is 0.481. The van der Waals surface area contributed by atoms with Crippen LogP contribution in [0.3, 0.4) is 0 Å². The number of carbonyl (C=O) groups is 2. The van der Waals surface area contributed by atoms with E-state index in [0.717, 1.165) is 42.7 Å². The number of carbonyl (C=O) groups excluding carboxylic acids is 2. The standard InChI is InChI=1S/C25H30Cl2FN3O4S/c1-17(25(33)29-19-9-4-3-5-10-19)30(15-18-8-6-7-11-23(18)28)24(32)16-31(36(2,34)35)20-12-13-21(26)22(27)14-20/h6-8,11-14,17,19H,3-5,9-10,15-16H2,1-2H3,(H,29,33)/t17-/m0/s1. The molecule has 0 saturated heterocycles. The summed E-state index contributed by atoms with van der Waals surface area (Å²) in [7, 11) is -3.92. The van der Waals surface area contributed by atoms with Crippen molar-refractivity contribution < 1.29 is 22.4 Å². The van der Waals surface area contributed by atoms with Crippen molar-refractivity contribution in [3.8, 4) is 0 Å². The first kappa shape index (κ1) is 28.2. The highest BCUT2D eigenvalue weighted by atomic mass is 35.5. The number of rotatable bonds is 9. The molecule has 196 valence electrons. The van der Waals surface area contributed by atoms with Gasteiger partial charge in [-0.05, 0) is 44.0 Å². The lowest BCUT2D eigenvalue weighted by Crippen LogP contribution is -2.53. The first-order chi connectivity index (χ1) is 17.0. The van der Waals surface area contributed by atoms with Crippen LogP contribution in [0.5, 0.6) is 0 Å². The molecule has 1 fully saturated rings. The van der Waals surface area contributed by atoms with Crippen LogP contribution < -0.4 is 9.62 Å². The number of sulfonamides is 1. The number of hydrogen-bond acceptors (Lipinski definition) is 4. The molecule has 1 aliphatic carbocycles. The monoisotopic (exact) mass is 557 g/mol. The summed E-state index contributed by atoms with van der Waals surface area (Å²) in [6, 6.07) is 9.21. The van der Waals surface area contributed by atoms with E-state index in [1.165, 1.54) is 41.3 Å². The number of nitrogens with zero attached hydrogens (tertiary/aromatic N) is 2. The summed E-state index contributed by atoms with van der Waals surface area (Å²) < 4.78 is 40.6. The molecule has 2 amide bonds. The lowest BCUT2D eigenvalue weighted by molar-refractivity contribution is -0.139. The lowest BCUT2D eigenvalue weighted by atomic mass is 9.95. The second-order valence-electron chi connectivity index (χ2n) is 9.00. The topological polar surface area (TPSA) is 86.8 Å². The van der Waals surface area contributed by atoms with Crippen molar-refractivity contribution in [2.75, 3.05) is 17.1 Å². The largest absolute Gasteiger partial charge is 0.352 e. The van der Waals surface area contributed by atoms with Crippen molar-refractivity contribution in [1.29, 1.82) is 0 Å². The predicted octanol–water partition coefficient (Wildman–Crippen LogP) is 4.76. The van der Waals surface area contributed by atoms with Crippen LogP contribution in [0.15, 0.2) is 42.5 Å². The van der Waals surface area contributed by atoms with E-state index >= 15 is 0 Å². The third-order valence-corrected chi connectivity index (χ3v) is 8.17. The van der Waals surface area contributed by atoms with Crippen LogP contribution in [-0.2, 0) is 26.2 Å². The highest BCUT2D eigenvalue weighted by Crippen LogP contribution is 2.29. The number of halogens is 3. The Kier molecular flexibility index (Phi) is 9.60. The van der Waals surface area contributed by atoms with E-state index in [4.69, 9.17) is 23.2 Å². The molecule has 0 aliphatic heterocycles. The van der Waals surface area contributed by atoms with Crippen LogP contribution in [0, 0.1) is 5.82 Å². The molecule has 11 heteroatoms. The van der Waals surface area contributed by atoms with Crippen molar-refractivity contribution in [2.45, 2.75) is 57.7 Å². The Morgan fingerprint density at radius 1 is 1.08 bits per heavy atom. The molecule has 1 N–H and O–H groups in total. The zero-order valence-corrected chi connectivity index (χ0v) is 22.5. The summed E-state index contributed by atoms with van der Waals surface area (Å²) in [6.07, 6.45) is 5.84. The lowest BCUT2D eigenvalue weighted by Gasteiger charge is -2.33. The SMILES string of the molecule is C[C@@H](C(=O)NC1CCCCC1)N(Cc1ccccc1F)C(=O)CN(c1ccc(Cl)c(Cl)c1)S(C)(=O)=O. The number of benzene rings is 2. The fraction of sp³-hybridized carbons (Fsp3) is 0.440. The summed E-state index contributed by atoms with van der Waals surface area (Å²) >= 11 is 12.0. The Hall–Kier alpha value is -2.36. The molecule has 1 aliphatic rings. The maximum absolute atomic E-state index is 14.5. The van der Waals surface area contributed by atoms with Gasteiger partial charge in [-0.2, -0.15) is 0 Å². The van der Waals surface area contributed by atoms with E-state index in [2.05, 4.69) is 5.32 Å². The molecule has 0 heterocycles. The molecule has 2 aromatic carbocycles. The summed E-state index contributed by atoms with van der Waals surface area (Å²) in [4.78, 5) is 27.8. The van der Waals surface area contributed by atoms with Gasteiger partial charge in [-0.25, -0.2) is 12.8 Å². The molecule has 0 spiro atoms. The van der Waals surface area contributed by atoms with Gasteiger partial charge in [-0.15, -0.1) is 0 Å². The Morgan fingerprint density at radius 2 is 1.75 bits per heavy atom. The van der Waals surface area contributed by atoms with Gasteiger partial charge in [0.1, 0.15) is 18.4 Å². The molecule has 0 unspecified atom stereocenters. The van der Waals surface area contributed by atoms with E-state index in [9.17, 15) is 22.4 Å². The third kappa shape index (κ3) is 7.33. The number of nitrogens with one attached hydrogen (secondary N) is 1. The molecule has 0 aromatic heterocycles. The van der Waals surface area contributed by atoms with E-state index in [1.54, 1.807) is 13.0 Å². The Bertz CT molecular complexity index is 1210. The van der Waals surface area contributed by atoms with Crippen molar-refractivity contribution in [3.63, 3.8) is 0 Å². The van der Waals surface area contributed by atoms with Crippen LogP contribution in [-0.4, -0.2) is 50.0 Å². The summed E-state index contributed by atoms with van der Waals surface area (Å²) in [5.74, 6) is -1.56. The van der Waals surface area contributed by atoms with Gasteiger partial charge in [-0.3, -0.25) is 13.9 Å². The molecule has 1 saturated carbocycles. The van der Waals surface area contributed by atoms with Crippen molar-refractivity contribution in [1.82, 2.24) is 10.2 Å². The molecule has 0 bridgehead atoms. The summed E-state index contributed by atoms with van der Waals surface area (Å²) in [5, 5.41) is 3.35. The third-order valence-electron chi connectivity index (χ3n) is 6.29. The normalized spacial score (nSPS) is 15.2. The van der Waals surface area contributed by atoms with Crippen LogP contribution in [0.25, 0.3) is 0 Å². The van der Waals surface area contributed by atoms with E-state index in [1.807, 2.05) is 0 Å². The van der Waals surface area contributed by atoms with Crippen molar-refractivity contribution in [2.24, 2.45) is 0 Å². The molecule has 1 atom stereocenters. The van der Waals surface area contributed by atoms with Crippen LogP contribution in [0.4, 0.5) is 10.1 Å². The van der Waals surface area contributed by atoms with Crippen LogP contribution in [0.2, 0.25) is 10.0 Å². The van der Waals surface area contributed by atoms with Crippen molar-refractivity contribution in [3.05, 3.63) is 63.9 Å². The molecule has 7 nitrogen and oxygen atoms in total. The van der Waals surface area contributed by atoms with Gasteiger partial charge >= 0.3 is 0 Å². The number of amides is 2. The average molecular weight is 559 g/mol. The van der Waals surface area contributed by atoms with Crippen molar-refractivity contribution >= 4 is 50.7 Å². The summed E-state index contributed by atoms with van der Waals surface area (Å²) in [5.41, 5.74) is 0.356. The highest BCUT2D eigenvalue weighted by Gasteiger charge is 2.31. The predicted molar refractivity (Wildman–Crippen MR) is 140 cm³/mol. The smallest absolute Gasteiger partial charge is 0.244 e. The first-order valence-electron chi connectivity index (χ1n) is 11.7. The van der Waals surface area contributed by atoms with Gasteiger partial charge < -0.3 is 10.2 Å². The van der Waals surface area contributed by atoms with Gasteiger partial charge in [0.2, 0.25) is 21.8 Å². The highest BCUT2D eigenvalue weighted by molar-refractivity contribution is 7.92. The fourth-order valence-electron chi connectivity index (χ4n) is 4.22. The number of anilines is 1. The average Bonchev–Trinajstić information content (AvgIpc) is 2.83. The van der Waals surface area contributed by atoms with Gasteiger partial charge in [0.25, 0.3) is 0 Å². The van der Waals surface area contributed by atoms with E-state index < -0.39 is 34.3 Å². The second kappa shape index (κ2) is 12.3. The van der Waals surface area contributed by atoms with E-state index in [0.29, 0.717) is 0 Å². The van der Waals surface area contributed by atoms with Crippen LogP contribution in [0.1, 0.15) is 44.6 Å². The first-order valence-corrected chi connectivity index (χ1v) is 14.3. The minimum atomic E-state index is -3.92. The maximum Gasteiger partial charge on any atom is 0.244 e. The molecular weight excluding hydrogens is 528 g/mol. The Labute approximate surface area is 221 Å². The maximum atomic E-state index is 14.5. The van der Waals surface area contributed by atoms with Gasteiger partial charge in [0.15, 0.2) is 0 Å². The minimum absolute atomic E-state index is 0.0165. The number of hydrogen-bond donors (Lipinski definition) is 1. The zero-order chi connectivity index (χ0) is 26.5. The molecule has 2 aromatic rings. The van der Waals surface area contributed by atoms with Gasteiger partial charge in [0.05, 0.1) is 22.0 Å². The zero-order valence-electron chi connectivity index (χ0n) is 20.2. The van der Waals surface area contributed by atoms with Crippen LogP contribution >= 0.6 is 23.2 Å². The fourth-order valence-corrected chi connectivity index (χ4v) is 5.35. The molecule has 3 rings (SSSR count). The Balaban J connectivity index is 1.89. The van der Waals surface area contributed by atoms with E-state index in [-0.39, 0.29) is 39.8 Å². The molecule has 36 heavy (non-hydrogen) atoms. The molecule has 0 radical (unpaired) electrons. The Morgan fingerprint density at radius 3 is 2.36 bits per heavy atom. The summed E-state index contributed by atoms with van der Waals surface area (Å²) in [6.45, 7) is 0.747. The second-order valence-corrected chi connectivity index (χ2v) is 11.7. The minimum Gasteiger partial charge on any atom is -0.352 e. The molecular formula is C25H30Cl2FN3O4S. The van der Waals surface area contributed by atoms with Gasteiger partial charge in [0, 0.05) is 18.2 Å². The van der Waals surface area contributed by atoms with Gasteiger partial charge in [-0.1, -0.05) is 60.7 Å².